The van der Waals surface area contributed by atoms with Crippen LogP contribution in [0.3, 0.4) is 0 Å². The van der Waals surface area contributed by atoms with Gasteiger partial charge in [0.05, 0.1) is 30.9 Å². The summed E-state index contributed by atoms with van der Waals surface area (Å²) in [6.45, 7) is -0.464. The summed E-state index contributed by atoms with van der Waals surface area (Å²) in [6, 6.07) is -3.04. The number of ether oxygens (including phenoxy) is 2. The zero-order chi connectivity index (χ0) is 16.6. The molecule has 1 aliphatic carbocycles. The summed E-state index contributed by atoms with van der Waals surface area (Å²) in [5.41, 5.74) is 23.3. The van der Waals surface area contributed by atoms with Gasteiger partial charge in [0.15, 0.2) is 6.29 Å². The summed E-state index contributed by atoms with van der Waals surface area (Å²) in [6.07, 6.45) is -6.35. The standard InChI is InChI=1S/C12H26N4O6/c13-3-1-4(14)11(10(20)8(3)18)22-12-7(16)6(15)9(19)5(2-17)21-12/h3-12,17-20H,1-2,13-16H2. The number of aliphatic hydroxyl groups excluding tert-OH is 4. The van der Waals surface area contributed by atoms with Crippen LogP contribution in [0, 0.1) is 0 Å². The van der Waals surface area contributed by atoms with Gasteiger partial charge in [-0.3, -0.25) is 0 Å². The van der Waals surface area contributed by atoms with Crippen LogP contribution in [-0.4, -0.2) is 88.0 Å². The van der Waals surface area contributed by atoms with Crippen LogP contribution in [0.15, 0.2) is 0 Å². The topological polar surface area (TPSA) is 203 Å². The Balaban J connectivity index is 2.08. The van der Waals surface area contributed by atoms with Gasteiger partial charge in [-0.15, -0.1) is 0 Å². The van der Waals surface area contributed by atoms with E-state index in [1.165, 1.54) is 0 Å². The lowest BCUT2D eigenvalue weighted by Gasteiger charge is -2.46. The molecule has 2 fully saturated rings. The highest BCUT2D eigenvalue weighted by molar-refractivity contribution is 5.00. The minimum absolute atomic E-state index is 0.253. The molecule has 1 heterocycles. The monoisotopic (exact) mass is 322 g/mol. The molecule has 0 bridgehead atoms. The minimum atomic E-state index is -1.30. The van der Waals surface area contributed by atoms with Crippen LogP contribution in [0.2, 0.25) is 0 Å². The van der Waals surface area contributed by atoms with Crippen molar-refractivity contribution < 1.29 is 29.9 Å². The fourth-order valence-electron chi connectivity index (χ4n) is 2.90. The van der Waals surface area contributed by atoms with Crippen molar-refractivity contribution in [1.82, 2.24) is 0 Å². The molecule has 10 atom stereocenters. The molecule has 10 heteroatoms. The Kier molecular flexibility index (Phi) is 5.72. The quantitative estimate of drug-likeness (QED) is 0.248. The van der Waals surface area contributed by atoms with E-state index in [0.717, 1.165) is 0 Å². The number of nitrogens with two attached hydrogens (primary N) is 4. The lowest BCUT2D eigenvalue weighted by atomic mass is 9.84. The Morgan fingerprint density at radius 3 is 2.14 bits per heavy atom. The van der Waals surface area contributed by atoms with Gasteiger partial charge < -0.3 is 52.8 Å². The molecule has 0 aromatic carbocycles. The predicted molar refractivity (Wildman–Crippen MR) is 75.2 cm³/mol. The summed E-state index contributed by atoms with van der Waals surface area (Å²) in [5.74, 6) is 0. The molecule has 1 saturated heterocycles. The summed E-state index contributed by atoms with van der Waals surface area (Å²) in [5, 5.41) is 38.9. The molecule has 2 aliphatic rings. The third-order valence-electron chi connectivity index (χ3n) is 4.41. The van der Waals surface area contributed by atoms with Crippen molar-refractivity contribution in [2.45, 2.75) is 67.4 Å². The van der Waals surface area contributed by atoms with Gasteiger partial charge >= 0.3 is 0 Å². The van der Waals surface area contributed by atoms with Gasteiger partial charge in [-0.1, -0.05) is 0 Å². The molecule has 0 amide bonds. The van der Waals surface area contributed by atoms with Crippen molar-refractivity contribution in [2.75, 3.05) is 6.61 Å². The Morgan fingerprint density at radius 2 is 1.55 bits per heavy atom. The number of aliphatic hydroxyl groups is 4. The van der Waals surface area contributed by atoms with Crippen molar-refractivity contribution >= 4 is 0 Å². The third-order valence-corrected chi connectivity index (χ3v) is 4.41. The minimum Gasteiger partial charge on any atom is -0.394 e. The number of hydrogen-bond acceptors (Lipinski definition) is 10. The molecule has 0 spiro atoms. The van der Waals surface area contributed by atoms with Crippen LogP contribution in [0.1, 0.15) is 6.42 Å². The Labute approximate surface area is 128 Å². The van der Waals surface area contributed by atoms with Gasteiger partial charge in [0.2, 0.25) is 0 Å². The lowest BCUT2D eigenvalue weighted by Crippen LogP contribution is -2.68. The molecular weight excluding hydrogens is 296 g/mol. The third kappa shape index (κ3) is 3.26. The summed E-state index contributed by atoms with van der Waals surface area (Å²) < 4.78 is 11.0. The normalized spacial score (nSPS) is 53.5. The second-order valence-corrected chi connectivity index (χ2v) is 6.02. The fourth-order valence-corrected chi connectivity index (χ4v) is 2.90. The molecule has 0 aromatic heterocycles. The fraction of sp³-hybridized carbons (Fsp3) is 1.00. The van der Waals surface area contributed by atoms with E-state index in [-0.39, 0.29) is 6.42 Å². The van der Waals surface area contributed by atoms with E-state index >= 15 is 0 Å². The van der Waals surface area contributed by atoms with Gasteiger partial charge in [-0.25, -0.2) is 0 Å². The maximum absolute atomic E-state index is 10.1. The highest BCUT2D eigenvalue weighted by Crippen LogP contribution is 2.26. The lowest BCUT2D eigenvalue weighted by molar-refractivity contribution is -0.277. The van der Waals surface area contributed by atoms with Crippen molar-refractivity contribution in [3.63, 3.8) is 0 Å². The molecule has 1 aliphatic heterocycles. The van der Waals surface area contributed by atoms with Crippen LogP contribution in [-0.2, 0) is 9.47 Å². The number of hydrogen-bond donors (Lipinski definition) is 8. The first kappa shape index (κ1) is 17.9. The average Bonchev–Trinajstić information content (AvgIpc) is 2.49. The van der Waals surface area contributed by atoms with Crippen molar-refractivity contribution in [3.05, 3.63) is 0 Å². The molecule has 10 unspecified atom stereocenters. The largest absolute Gasteiger partial charge is 0.394 e. The van der Waals surface area contributed by atoms with E-state index in [1.807, 2.05) is 0 Å². The van der Waals surface area contributed by atoms with Crippen LogP contribution in [0.5, 0.6) is 0 Å². The molecule has 0 aromatic rings. The average molecular weight is 322 g/mol. The van der Waals surface area contributed by atoms with Gasteiger partial charge in [0, 0.05) is 12.1 Å². The van der Waals surface area contributed by atoms with Crippen molar-refractivity contribution in [2.24, 2.45) is 22.9 Å². The van der Waals surface area contributed by atoms with Gasteiger partial charge in [0.1, 0.15) is 18.3 Å². The Hall–Kier alpha value is -0.400. The molecule has 1 saturated carbocycles. The second kappa shape index (κ2) is 7.01. The SMILES string of the molecule is NC1CC(N)C(OC2OC(CO)C(O)C(N)C2N)C(O)C1O. The molecular formula is C12H26N4O6. The number of rotatable bonds is 3. The highest BCUT2D eigenvalue weighted by Gasteiger charge is 2.47. The van der Waals surface area contributed by atoms with Crippen LogP contribution >= 0.6 is 0 Å². The maximum atomic E-state index is 10.1. The van der Waals surface area contributed by atoms with E-state index in [4.69, 9.17) is 32.4 Å². The van der Waals surface area contributed by atoms with Gasteiger partial charge in [-0.05, 0) is 6.42 Å². The maximum Gasteiger partial charge on any atom is 0.175 e. The van der Waals surface area contributed by atoms with Crippen LogP contribution in [0.4, 0.5) is 0 Å². The first-order chi connectivity index (χ1) is 10.3. The van der Waals surface area contributed by atoms with Crippen LogP contribution < -0.4 is 22.9 Å². The Bertz CT molecular complexity index is 376. The smallest absolute Gasteiger partial charge is 0.175 e. The van der Waals surface area contributed by atoms with E-state index in [1.54, 1.807) is 0 Å². The molecule has 12 N–H and O–H groups in total. The molecule has 10 nitrogen and oxygen atoms in total. The molecule has 22 heavy (non-hydrogen) atoms. The van der Waals surface area contributed by atoms with E-state index in [9.17, 15) is 20.4 Å². The van der Waals surface area contributed by atoms with Gasteiger partial charge in [-0.2, -0.15) is 0 Å². The van der Waals surface area contributed by atoms with E-state index in [2.05, 4.69) is 0 Å². The summed E-state index contributed by atoms with van der Waals surface area (Å²) >= 11 is 0. The van der Waals surface area contributed by atoms with Crippen LogP contribution in [0.25, 0.3) is 0 Å². The first-order valence-electron chi connectivity index (χ1n) is 7.26. The predicted octanol–water partition coefficient (Wildman–Crippen LogP) is -5.12. The summed E-state index contributed by atoms with van der Waals surface area (Å²) in [4.78, 5) is 0. The summed E-state index contributed by atoms with van der Waals surface area (Å²) in [7, 11) is 0. The molecule has 130 valence electrons. The second-order valence-electron chi connectivity index (χ2n) is 6.02. The van der Waals surface area contributed by atoms with Gasteiger partial charge in [0.25, 0.3) is 0 Å². The zero-order valence-corrected chi connectivity index (χ0v) is 12.1. The van der Waals surface area contributed by atoms with E-state index < -0.39 is 67.6 Å². The Morgan fingerprint density at radius 1 is 0.909 bits per heavy atom. The molecule has 0 radical (unpaired) electrons. The van der Waals surface area contributed by atoms with E-state index in [0.29, 0.717) is 0 Å². The highest BCUT2D eigenvalue weighted by atomic mass is 16.7. The van der Waals surface area contributed by atoms with Crippen molar-refractivity contribution in [3.8, 4) is 0 Å². The van der Waals surface area contributed by atoms with Crippen molar-refractivity contribution in [1.29, 1.82) is 0 Å². The molecule has 2 rings (SSSR count). The zero-order valence-electron chi connectivity index (χ0n) is 12.1. The first-order valence-corrected chi connectivity index (χ1v) is 7.26.